The van der Waals surface area contributed by atoms with Gasteiger partial charge in [-0.05, 0) is 31.0 Å². The second kappa shape index (κ2) is 8.57. The van der Waals surface area contributed by atoms with Gasteiger partial charge >= 0.3 is 0 Å². The predicted molar refractivity (Wildman–Crippen MR) is 108 cm³/mol. The molecule has 1 aromatic heterocycles. The number of carbonyl (C=O) groups is 2. The molecule has 2 saturated heterocycles. The Kier molecular flexibility index (Phi) is 5.71. The van der Waals surface area contributed by atoms with Crippen LogP contribution < -0.4 is 9.64 Å². The highest BCUT2D eigenvalue weighted by Gasteiger charge is 2.36. The van der Waals surface area contributed by atoms with E-state index in [1.54, 1.807) is 17.0 Å². The van der Waals surface area contributed by atoms with E-state index in [2.05, 4.69) is 15.1 Å². The van der Waals surface area contributed by atoms with Crippen LogP contribution in [0.5, 0.6) is 5.88 Å². The molecule has 0 spiro atoms. The number of benzene rings is 1. The molecule has 8 heteroatoms. The SMILES string of the molecule is COc1ccc(C(=O)N2CCN(C3CCCN(c4ccccc4)C3=O)CC2)nn1. The van der Waals surface area contributed by atoms with Crippen LogP contribution in [0.25, 0.3) is 0 Å². The van der Waals surface area contributed by atoms with E-state index in [9.17, 15) is 9.59 Å². The number of aromatic nitrogens is 2. The Morgan fingerprint density at radius 1 is 1.00 bits per heavy atom. The molecule has 0 radical (unpaired) electrons. The van der Waals surface area contributed by atoms with Crippen LogP contribution in [0.3, 0.4) is 0 Å². The predicted octanol–water partition coefficient (Wildman–Crippen LogP) is 1.44. The van der Waals surface area contributed by atoms with E-state index in [0.717, 1.165) is 25.1 Å². The Hall–Kier alpha value is -3.00. The summed E-state index contributed by atoms with van der Waals surface area (Å²) < 4.78 is 4.99. The average molecular weight is 395 g/mol. The van der Waals surface area contributed by atoms with E-state index < -0.39 is 0 Å². The van der Waals surface area contributed by atoms with Crippen LogP contribution in [-0.4, -0.2) is 77.7 Å². The summed E-state index contributed by atoms with van der Waals surface area (Å²) >= 11 is 0. The quantitative estimate of drug-likeness (QED) is 0.780. The number of rotatable bonds is 4. The second-order valence-electron chi connectivity index (χ2n) is 7.27. The summed E-state index contributed by atoms with van der Waals surface area (Å²) in [6, 6.07) is 13.0. The molecule has 2 aromatic rings. The molecular formula is C21H25N5O3. The number of ether oxygens (including phenoxy) is 1. The minimum absolute atomic E-state index is 0.123. The highest BCUT2D eigenvalue weighted by molar-refractivity contribution is 5.98. The Labute approximate surface area is 170 Å². The zero-order valence-electron chi connectivity index (χ0n) is 16.5. The van der Waals surface area contributed by atoms with Crippen molar-refractivity contribution < 1.29 is 14.3 Å². The largest absolute Gasteiger partial charge is 0.480 e. The lowest BCUT2D eigenvalue weighted by atomic mass is 10.0. The molecule has 8 nitrogen and oxygen atoms in total. The van der Waals surface area contributed by atoms with Gasteiger partial charge in [0.25, 0.3) is 5.91 Å². The number of para-hydroxylation sites is 1. The molecule has 3 heterocycles. The number of nitrogens with zero attached hydrogens (tertiary/aromatic N) is 5. The maximum atomic E-state index is 13.1. The number of carbonyl (C=O) groups excluding carboxylic acids is 2. The molecular weight excluding hydrogens is 370 g/mol. The Morgan fingerprint density at radius 2 is 1.76 bits per heavy atom. The highest BCUT2D eigenvalue weighted by atomic mass is 16.5. The van der Waals surface area contributed by atoms with Gasteiger partial charge in [-0.15, -0.1) is 10.2 Å². The van der Waals surface area contributed by atoms with Crippen LogP contribution in [0.4, 0.5) is 5.69 Å². The van der Waals surface area contributed by atoms with Crippen molar-refractivity contribution in [3.8, 4) is 5.88 Å². The molecule has 0 aliphatic carbocycles. The first-order valence-corrected chi connectivity index (χ1v) is 9.95. The molecule has 2 fully saturated rings. The fraction of sp³-hybridized carbons (Fsp3) is 0.429. The summed E-state index contributed by atoms with van der Waals surface area (Å²) in [5, 5.41) is 7.82. The van der Waals surface area contributed by atoms with E-state index in [1.165, 1.54) is 7.11 Å². The monoisotopic (exact) mass is 395 g/mol. The van der Waals surface area contributed by atoms with Crippen molar-refractivity contribution in [3.63, 3.8) is 0 Å². The van der Waals surface area contributed by atoms with Gasteiger partial charge in [0.2, 0.25) is 11.8 Å². The Bertz CT molecular complexity index is 850. The van der Waals surface area contributed by atoms with Crippen molar-refractivity contribution in [3.05, 3.63) is 48.2 Å². The van der Waals surface area contributed by atoms with Crippen LogP contribution >= 0.6 is 0 Å². The lowest BCUT2D eigenvalue weighted by Crippen LogP contribution is -2.58. The molecule has 2 amide bonds. The summed E-state index contributed by atoms with van der Waals surface area (Å²) in [5.74, 6) is 0.397. The molecule has 2 aliphatic rings. The Balaban J connectivity index is 1.37. The van der Waals surface area contributed by atoms with Gasteiger partial charge in [0.15, 0.2) is 5.69 Å². The summed E-state index contributed by atoms with van der Waals surface area (Å²) in [6.45, 7) is 3.25. The van der Waals surface area contributed by atoms with E-state index in [1.807, 2.05) is 35.2 Å². The maximum absolute atomic E-state index is 13.1. The molecule has 0 bridgehead atoms. The number of piperazine rings is 1. The molecule has 152 valence electrons. The van der Waals surface area contributed by atoms with Crippen LogP contribution in [0, 0.1) is 0 Å². The fourth-order valence-corrected chi connectivity index (χ4v) is 4.00. The fourth-order valence-electron chi connectivity index (χ4n) is 4.00. The standard InChI is InChI=1S/C21H25N5O3/c1-29-19-10-9-17(22-23-19)20(27)25-14-12-24(13-15-25)18-8-5-11-26(21(18)28)16-6-3-2-4-7-16/h2-4,6-7,9-10,18H,5,8,11-15H2,1H3. The van der Waals surface area contributed by atoms with Crippen LogP contribution in [0.2, 0.25) is 0 Å². The molecule has 1 unspecified atom stereocenters. The van der Waals surface area contributed by atoms with Gasteiger partial charge < -0.3 is 14.5 Å². The number of hydrogen-bond donors (Lipinski definition) is 0. The number of amides is 2. The third-order valence-corrected chi connectivity index (χ3v) is 5.59. The molecule has 4 rings (SSSR count). The number of anilines is 1. The third kappa shape index (κ3) is 4.07. The minimum atomic E-state index is -0.138. The van der Waals surface area contributed by atoms with Crippen molar-refractivity contribution in [2.45, 2.75) is 18.9 Å². The Morgan fingerprint density at radius 3 is 2.41 bits per heavy atom. The van der Waals surface area contributed by atoms with E-state index in [0.29, 0.717) is 37.8 Å². The number of hydrogen-bond acceptors (Lipinski definition) is 6. The van der Waals surface area contributed by atoms with Gasteiger partial charge in [-0.25, -0.2) is 0 Å². The zero-order valence-corrected chi connectivity index (χ0v) is 16.5. The first-order chi connectivity index (χ1) is 14.2. The summed E-state index contributed by atoms with van der Waals surface area (Å²) in [6.07, 6.45) is 1.84. The van der Waals surface area contributed by atoms with Crippen LogP contribution in [-0.2, 0) is 4.79 Å². The summed E-state index contributed by atoms with van der Waals surface area (Å²) in [7, 11) is 1.51. The summed E-state index contributed by atoms with van der Waals surface area (Å²) in [4.78, 5) is 31.6. The van der Waals surface area contributed by atoms with E-state index in [-0.39, 0.29) is 17.9 Å². The van der Waals surface area contributed by atoms with Crippen LogP contribution in [0.15, 0.2) is 42.5 Å². The van der Waals surface area contributed by atoms with Crippen molar-refractivity contribution in [2.75, 3.05) is 44.7 Å². The molecule has 0 saturated carbocycles. The van der Waals surface area contributed by atoms with Gasteiger partial charge in [-0.1, -0.05) is 18.2 Å². The molecule has 1 aromatic carbocycles. The topological polar surface area (TPSA) is 78.9 Å². The molecule has 1 atom stereocenters. The van der Waals surface area contributed by atoms with Gasteiger partial charge in [0, 0.05) is 44.5 Å². The van der Waals surface area contributed by atoms with Crippen LogP contribution in [0.1, 0.15) is 23.3 Å². The van der Waals surface area contributed by atoms with E-state index >= 15 is 0 Å². The lowest BCUT2D eigenvalue weighted by Gasteiger charge is -2.42. The van der Waals surface area contributed by atoms with Gasteiger partial charge in [0.1, 0.15) is 0 Å². The smallest absolute Gasteiger partial charge is 0.274 e. The van der Waals surface area contributed by atoms with Gasteiger partial charge in [0.05, 0.1) is 13.2 Å². The summed E-state index contributed by atoms with van der Waals surface area (Å²) in [5.41, 5.74) is 1.26. The van der Waals surface area contributed by atoms with Crippen molar-refractivity contribution >= 4 is 17.5 Å². The minimum Gasteiger partial charge on any atom is -0.480 e. The van der Waals surface area contributed by atoms with Crippen molar-refractivity contribution in [1.82, 2.24) is 20.0 Å². The normalized spacial score (nSPS) is 20.6. The number of methoxy groups -OCH3 is 1. The van der Waals surface area contributed by atoms with Crippen molar-refractivity contribution in [1.29, 1.82) is 0 Å². The maximum Gasteiger partial charge on any atom is 0.274 e. The lowest BCUT2D eigenvalue weighted by molar-refractivity contribution is -0.126. The van der Waals surface area contributed by atoms with Crippen molar-refractivity contribution in [2.24, 2.45) is 0 Å². The first kappa shape index (κ1) is 19.3. The first-order valence-electron chi connectivity index (χ1n) is 9.95. The van der Waals surface area contributed by atoms with Gasteiger partial charge in [-0.2, -0.15) is 0 Å². The third-order valence-electron chi connectivity index (χ3n) is 5.59. The average Bonchev–Trinajstić information content (AvgIpc) is 2.79. The second-order valence-corrected chi connectivity index (χ2v) is 7.27. The van der Waals surface area contributed by atoms with E-state index in [4.69, 9.17) is 4.74 Å². The zero-order chi connectivity index (χ0) is 20.2. The highest BCUT2D eigenvalue weighted by Crippen LogP contribution is 2.24. The molecule has 29 heavy (non-hydrogen) atoms. The molecule has 2 aliphatic heterocycles. The van der Waals surface area contributed by atoms with Gasteiger partial charge in [-0.3, -0.25) is 14.5 Å². The molecule has 0 N–H and O–H groups in total. The number of piperidine rings is 1.